The Hall–Kier alpha value is -1.28. The molecule has 1 rings (SSSR count). The van der Waals surface area contributed by atoms with Gasteiger partial charge in [0, 0.05) is 6.04 Å². The molecule has 0 amide bonds. The van der Waals surface area contributed by atoms with Crippen LogP contribution in [0.15, 0.2) is 29.8 Å². The molecule has 0 aliphatic heterocycles. The number of likely N-dealkylation sites (N-methyl/N-ethyl adjacent to an activating group) is 1. The van der Waals surface area contributed by atoms with Gasteiger partial charge in [-0.3, -0.25) is 0 Å². The van der Waals surface area contributed by atoms with Crippen molar-refractivity contribution in [3.63, 3.8) is 0 Å². The van der Waals surface area contributed by atoms with Gasteiger partial charge in [0.15, 0.2) is 0 Å². The highest BCUT2D eigenvalue weighted by atomic mass is 16.5. The van der Waals surface area contributed by atoms with Crippen molar-refractivity contribution in [2.24, 2.45) is 0 Å². The first-order valence-corrected chi connectivity index (χ1v) is 6.81. The van der Waals surface area contributed by atoms with E-state index in [9.17, 15) is 0 Å². The molecule has 1 N–H and O–H groups in total. The zero-order valence-electron chi connectivity index (χ0n) is 12.0. The molecule has 2 heteroatoms. The summed E-state index contributed by atoms with van der Waals surface area (Å²) in [6.45, 7) is 10.4. The van der Waals surface area contributed by atoms with Crippen molar-refractivity contribution >= 4 is 6.08 Å². The van der Waals surface area contributed by atoms with Crippen molar-refractivity contribution in [1.29, 1.82) is 0 Å². The van der Waals surface area contributed by atoms with E-state index < -0.39 is 0 Å². The van der Waals surface area contributed by atoms with Crippen molar-refractivity contribution < 1.29 is 4.74 Å². The van der Waals surface area contributed by atoms with E-state index in [1.54, 1.807) is 0 Å². The van der Waals surface area contributed by atoms with E-state index in [0.717, 1.165) is 25.3 Å². The lowest BCUT2D eigenvalue weighted by Crippen LogP contribution is -2.26. The minimum absolute atomic E-state index is 0.412. The molecule has 0 aliphatic carbocycles. The van der Waals surface area contributed by atoms with Crippen molar-refractivity contribution in [2.75, 3.05) is 13.2 Å². The van der Waals surface area contributed by atoms with Crippen LogP contribution in [-0.4, -0.2) is 19.2 Å². The van der Waals surface area contributed by atoms with Crippen LogP contribution >= 0.6 is 0 Å². The molecular formula is C16H25NO. The van der Waals surface area contributed by atoms with Crippen LogP contribution in [0.4, 0.5) is 0 Å². The largest absolute Gasteiger partial charge is 0.494 e. The van der Waals surface area contributed by atoms with E-state index >= 15 is 0 Å². The van der Waals surface area contributed by atoms with Gasteiger partial charge in [-0.2, -0.15) is 0 Å². The Bertz CT molecular complexity index is 384. The minimum Gasteiger partial charge on any atom is -0.494 e. The fourth-order valence-corrected chi connectivity index (χ4v) is 1.77. The summed E-state index contributed by atoms with van der Waals surface area (Å²) in [5.41, 5.74) is 2.54. The highest BCUT2D eigenvalue weighted by Gasteiger charge is 2.02. The fraction of sp³-hybridized carbons (Fsp3) is 0.500. The van der Waals surface area contributed by atoms with Crippen LogP contribution in [0, 0.1) is 0 Å². The highest BCUT2D eigenvalue weighted by molar-refractivity contribution is 5.55. The predicted molar refractivity (Wildman–Crippen MR) is 79.0 cm³/mol. The number of rotatable bonds is 7. The summed E-state index contributed by atoms with van der Waals surface area (Å²) >= 11 is 0. The predicted octanol–water partition coefficient (Wildman–Crippen LogP) is 3.88. The van der Waals surface area contributed by atoms with Crippen LogP contribution < -0.4 is 10.1 Å². The number of hydrogen-bond acceptors (Lipinski definition) is 2. The van der Waals surface area contributed by atoms with Crippen LogP contribution in [-0.2, 0) is 0 Å². The molecule has 1 atom stereocenters. The Morgan fingerprint density at radius 1 is 1.39 bits per heavy atom. The molecule has 0 saturated carbocycles. The van der Waals surface area contributed by atoms with Gasteiger partial charge < -0.3 is 10.1 Å². The van der Waals surface area contributed by atoms with Crippen molar-refractivity contribution in [1.82, 2.24) is 5.32 Å². The van der Waals surface area contributed by atoms with Gasteiger partial charge in [0.05, 0.1) is 6.61 Å². The molecule has 1 unspecified atom stereocenters. The number of nitrogens with one attached hydrogen (secondary N) is 1. The quantitative estimate of drug-likeness (QED) is 0.789. The summed E-state index contributed by atoms with van der Waals surface area (Å²) in [6.07, 6.45) is 3.25. The minimum atomic E-state index is 0.412. The normalized spacial score (nSPS) is 13.4. The first-order valence-electron chi connectivity index (χ1n) is 6.81. The third kappa shape index (κ3) is 4.92. The first kappa shape index (κ1) is 14.8. The summed E-state index contributed by atoms with van der Waals surface area (Å²) in [4.78, 5) is 0. The summed E-state index contributed by atoms with van der Waals surface area (Å²) < 4.78 is 5.64. The molecule has 0 aromatic heterocycles. The molecule has 0 spiro atoms. The lowest BCUT2D eigenvalue weighted by Gasteiger charge is -2.13. The lowest BCUT2D eigenvalue weighted by molar-refractivity contribution is 0.317. The monoisotopic (exact) mass is 247 g/mol. The van der Waals surface area contributed by atoms with E-state index in [0.29, 0.717) is 6.04 Å². The van der Waals surface area contributed by atoms with Crippen molar-refractivity contribution in [2.45, 2.75) is 40.2 Å². The molecule has 100 valence electrons. The van der Waals surface area contributed by atoms with Crippen LogP contribution in [0.3, 0.4) is 0 Å². The highest BCUT2D eigenvalue weighted by Crippen LogP contribution is 2.17. The second-order valence-corrected chi connectivity index (χ2v) is 4.59. The van der Waals surface area contributed by atoms with Crippen molar-refractivity contribution in [3.05, 3.63) is 35.4 Å². The third-order valence-corrected chi connectivity index (χ3v) is 2.92. The summed E-state index contributed by atoms with van der Waals surface area (Å²) in [5, 5.41) is 3.41. The lowest BCUT2D eigenvalue weighted by atomic mass is 10.1. The third-order valence-electron chi connectivity index (χ3n) is 2.92. The zero-order valence-corrected chi connectivity index (χ0v) is 12.0. The molecule has 0 aliphatic rings. The maximum Gasteiger partial charge on any atom is 0.119 e. The second kappa shape index (κ2) is 7.93. The SMILES string of the molecule is CCCOc1cccc(/C=C(/C)C(C)NCC)c1. The number of hydrogen-bond donors (Lipinski definition) is 1. The maximum absolute atomic E-state index is 5.64. The Labute approximate surface area is 111 Å². The summed E-state index contributed by atoms with van der Waals surface area (Å²) in [7, 11) is 0. The number of benzene rings is 1. The standard InChI is InChI=1S/C16H25NO/c1-5-10-18-16-9-7-8-15(12-16)11-13(3)14(4)17-6-2/h7-9,11-12,14,17H,5-6,10H2,1-4H3/b13-11-. The van der Waals surface area contributed by atoms with Gasteiger partial charge in [0.25, 0.3) is 0 Å². The topological polar surface area (TPSA) is 21.3 Å². The van der Waals surface area contributed by atoms with Gasteiger partial charge in [0.2, 0.25) is 0 Å². The fourth-order valence-electron chi connectivity index (χ4n) is 1.77. The molecule has 2 nitrogen and oxygen atoms in total. The van der Waals surface area contributed by atoms with Gasteiger partial charge >= 0.3 is 0 Å². The Morgan fingerprint density at radius 3 is 2.83 bits per heavy atom. The average Bonchev–Trinajstić information content (AvgIpc) is 2.37. The van der Waals surface area contributed by atoms with E-state index in [2.05, 4.69) is 51.2 Å². The Morgan fingerprint density at radius 2 is 2.17 bits per heavy atom. The Kier molecular flexibility index (Phi) is 6.51. The smallest absolute Gasteiger partial charge is 0.119 e. The average molecular weight is 247 g/mol. The van der Waals surface area contributed by atoms with Gasteiger partial charge in [0.1, 0.15) is 5.75 Å². The maximum atomic E-state index is 5.64. The summed E-state index contributed by atoms with van der Waals surface area (Å²) in [5.74, 6) is 0.953. The van der Waals surface area contributed by atoms with Crippen LogP contribution in [0.25, 0.3) is 6.08 Å². The van der Waals surface area contributed by atoms with Gasteiger partial charge in [-0.15, -0.1) is 0 Å². The summed E-state index contributed by atoms with van der Waals surface area (Å²) in [6, 6.07) is 8.67. The first-order chi connectivity index (χ1) is 8.67. The van der Waals surface area contributed by atoms with Crippen LogP contribution in [0.5, 0.6) is 5.75 Å². The van der Waals surface area contributed by atoms with Gasteiger partial charge in [-0.1, -0.05) is 37.6 Å². The van der Waals surface area contributed by atoms with Crippen molar-refractivity contribution in [3.8, 4) is 5.75 Å². The van der Waals surface area contributed by atoms with Crippen LogP contribution in [0.1, 0.15) is 39.7 Å². The molecule has 0 bridgehead atoms. The number of ether oxygens (including phenoxy) is 1. The molecule has 0 fully saturated rings. The second-order valence-electron chi connectivity index (χ2n) is 4.59. The molecule has 1 aromatic carbocycles. The van der Waals surface area contributed by atoms with Gasteiger partial charge in [-0.05, 0) is 44.5 Å². The molecule has 0 saturated heterocycles. The van der Waals surface area contributed by atoms with E-state index in [1.165, 1.54) is 11.1 Å². The van der Waals surface area contributed by atoms with E-state index in [4.69, 9.17) is 4.74 Å². The zero-order chi connectivity index (χ0) is 13.4. The van der Waals surface area contributed by atoms with Crippen LogP contribution in [0.2, 0.25) is 0 Å². The molecule has 0 radical (unpaired) electrons. The van der Waals surface area contributed by atoms with E-state index in [1.807, 2.05) is 12.1 Å². The van der Waals surface area contributed by atoms with Gasteiger partial charge in [-0.25, -0.2) is 0 Å². The molecule has 0 heterocycles. The molecular weight excluding hydrogens is 222 g/mol. The van der Waals surface area contributed by atoms with E-state index in [-0.39, 0.29) is 0 Å². The molecule has 18 heavy (non-hydrogen) atoms. The molecule has 1 aromatic rings. The Balaban J connectivity index is 2.73.